The first-order valence-corrected chi connectivity index (χ1v) is 9.82. The van der Waals surface area contributed by atoms with Crippen molar-refractivity contribution < 1.29 is 27.5 Å². The Balaban J connectivity index is 2.08. The van der Waals surface area contributed by atoms with Crippen LogP contribution in [0.5, 0.6) is 5.75 Å². The van der Waals surface area contributed by atoms with Crippen LogP contribution in [0, 0.1) is 11.8 Å². The zero-order valence-corrected chi connectivity index (χ0v) is 15.9. The minimum Gasteiger partial charge on any atom is -0.496 e. The highest BCUT2D eigenvalue weighted by molar-refractivity contribution is 7.89. The summed E-state index contributed by atoms with van der Waals surface area (Å²) >= 11 is 0. The maximum atomic E-state index is 12.3. The van der Waals surface area contributed by atoms with Gasteiger partial charge in [-0.15, -0.1) is 0 Å². The van der Waals surface area contributed by atoms with Crippen LogP contribution in [-0.4, -0.2) is 52.0 Å². The van der Waals surface area contributed by atoms with Crippen molar-refractivity contribution >= 4 is 21.9 Å². The van der Waals surface area contributed by atoms with E-state index in [9.17, 15) is 18.0 Å². The minimum atomic E-state index is -3.98. The molecule has 0 bridgehead atoms. The van der Waals surface area contributed by atoms with Crippen molar-refractivity contribution in [2.75, 3.05) is 26.8 Å². The normalized spacial score (nSPS) is 20.5. The molecule has 0 saturated carbocycles. The predicted octanol–water partition coefficient (Wildman–Crippen LogP) is 1.00. The number of ether oxygens (including phenoxy) is 2. The molecule has 1 amide bonds. The van der Waals surface area contributed by atoms with Crippen LogP contribution in [-0.2, 0) is 19.6 Å². The molecule has 1 fully saturated rings. The predicted molar refractivity (Wildman–Crippen MR) is 94.2 cm³/mol. The van der Waals surface area contributed by atoms with E-state index in [1.165, 1.54) is 19.2 Å². The van der Waals surface area contributed by atoms with E-state index in [1.54, 1.807) is 4.90 Å². The van der Waals surface area contributed by atoms with Crippen LogP contribution >= 0.6 is 0 Å². The fraction of sp³-hybridized carbons (Fsp3) is 0.529. The Kier molecular flexibility index (Phi) is 6.25. The average molecular weight is 384 g/mol. The molecule has 0 radical (unpaired) electrons. The average Bonchev–Trinajstić information content (AvgIpc) is 2.57. The van der Waals surface area contributed by atoms with Gasteiger partial charge in [-0.05, 0) is 36.5 Å². The highest BCUT2D eigenvalue weighted by Gasteiger charge is 2.26. The zero-order chi connectivity index (χ0) is 19.5. The van der Waals surface area contributed by atoms with E-state index in [2.05, 4.69) is 13.8 Å². The van der Waals surface area contributed by atoms with Gasteiger partial charge in [0.2, 0.25) is 10.0 Å². The summed E-state index contributed by atoms with van der Waals surface area (Å²) in [7, 11) is -2.65. The van der Waals surface area contributed by atoms with Crippen LogP contribution in [0.3, 0.4) is 0 Å². The molecule has 1 aliphatic rings. The largest absolute Gasteiger partial charge is 0.496 e. The number of likely N-dealkylation sites (tertiary alicyclic amines) is 1. The van der Waals surface area contributed by atoms with E-state index in [1.807, 2.05) is 0 Å². The zero-order valence-electron chi connectivity index (χ0n) is 15.1. The smallest absolute Gasteiger partial charge is 0.342 e. The molecule has 9 heteroatoms. The summed E-state index contributed by atoms with van der Waals surface area (Å²) in [6.07, 6.45) is 1.06. The minimum absolute atomic E-state index is 0.104. The summed E-state index contributed by atoms with van der Waals surface area (Å²) in [5.74, 6) is -0.206. The lowest BCUT2D eigenvalue weighted by molar-refractivity contribution is -0.137. The number of hydrogen-bond donors (Lipinski definition) is 1. The first-order chi connectivity index (χ1) is 12.1. The molecule has 0 unspecified atom stereocenters. The molecule has 0 aliphatic carbocycles. The number of nitrogens with zero attached hydrogens (tertiary/aromatic N) is 1. The Morgan fingerprint density at radius 2 is 1.85 bits per heavy atom. The first kappa shape index (κ1) is 20.2. The number of esters is 1. The van der Waals surface area contributed by atoms with E-state index in [-0.39, 0.29) is 22.1 Å². The summed E-state index contributed by atoms with van der Waals surface area (Å²) in [5.41, 5.74) is -0.104. The van der Waals surface area contributed by atoms with E-state index in [0.717, 1.165) is 12.5 Å². The van der Waals surface area contributed by atoms with Gasteiger partial charge in [-0.3, -0.25) is 4.79 Å². The molecule has 2 N–H and O–H groups in total. The third-order valence-electron chi connectivity index (χ3n) is 4.27. The fourth-order valence-electron chi connectivity index (χ4n) is 3.19. The molecular formula is C17H24N2O6S. The van der Waals surface area contributed by atoms with Gasteiger partial charge >= 0.3 is 5.97 Å². The molecule has 1 aliphatic heterocycles. The summed E-state index contributed by atoms with van der Waals surface area (Å²) in [6.45, 7) is 4.99. The van der Waals surface area contributed by atoms with Gasteiger partial charge in [-0.25, -0.2) is 18.4 Å². The van der Waals surface area contributed by atoms with Crippen molar-refractivity contribution in [3.8, 4) is 5.75 Å². The molecular weight excluding hydrogens is 360 g/mol. The van der Waals surface area contributed by atoms with Crippen molar-refractivity contribution in [1.82, 2.24) is 4.90 Å². The van der Waals surface area contributed by atoms with Gasteiger partial charge in [-0.1, -0.05) is 13.8 Å². The third-order valence-corrected chi connectivity index (χ3v) is 5.18. The number of benzene rings is 1. The molecule has 0 spiro atoms. The molecule has 2 atom stereocenters. The molecule has 1 aromatic carbocycles. The van der Waals surface area contributed by atoms with Crippen molar-refractivity contribution in [2.45, 2.75) is 25.2 Å². The number of carbonyl (C=O) groups excluding carboxylic acids is 2. The molecule has 26 heavy (non-hydrogen) atoms. The van der Waals surface area contributed by atoms with Crippen LogP contribution in [0.1, 0.15) is 30.6 Å². The van der Waals surface area contributed by atoms with E-state index in [0.29, 0.717) is 24.9 Å². The number of amides is 1. The molecule has 8 nitrogen and oxygen atoms in total. The molecule has 0 aromatic heterocycles. The van der Waals surface area contributed by atoms with Crippen LogP contribution in [0.25, 0.3) is 0 Å². The molecule has 1 heterocycles. The van der Waals surface area contributed by atoms with Crippen molar-refractivity contribution in [3.63, 3.8) is 0 Å². The van der Waals surface area contributed by atoms with Gasteiger partial charge in [0.15, 0.2) is 6.61 Å². The Hall–Kier alpha value is -2.13. The van der Waals surface area contributed by atoms with Gasteiger partial charge in [0.05, 0.1) is 12.0 Å². The number of nitrogens with two attached hydrogens (primary N) is 1. The second-order valence-electron chi connectivity index (χ2n) is 6.73. The Labute approximate surface area is 153 Å². The number of primary sulfonamides is 1. The lowest BCUT2D eigenvalue weighted by Gasteiger charge is -2.34. The standard InChI is InChI=1S/C17H24N2O6S/c1-11-6-12(2)9-19(8-11)16(20)10-25-17(21)14-7-13(26(18,22)23)4-5-15(14)24-3/h4-5,7,11-12H,6,8-10H2,1-3H3,(H2,18,22,23)/t11-,12+. The van der Waals surface area contributed by atoms with Crippen molar-refractivity contribution in [3.05, 3.63) is 23.8 Å². The topological polar surface area (TPSA) is 116 Å². The number of carbonyl (C=O) groups is 2. The van der Waals surface area contributed by atoms with Crippen molar-refractivity contribution in [2.24, 2.45) is 17.0 Å². The van der Waals surface area contributed by atoms with Gasteiger partial charge < -0.3 is 14.4 Å². The number of methoxy groups -OCH3 is 1. The molecule has 2 rings (SSSR count). The van der Waals surface area contributed by atoms with E-state index < -0.39 is 22.6 Å². The summed E-state index contributed by atoms with van der Waals surface area (Å²) in [4.78, 5) is 26.1. The van der Waals surface area contributed by atoms with Crippen LogP contribution in [0.15, 0.2) is 23.1 Å². The maximum absolute atomic E-state index is 12.3. The number of rotatable bonds is 5. The van der Waals surface area contributed by atoms with E-state index in [4.69, 9.17) is 14.6 Å². The van der Waals surface area contributed by atoms with Gasteiger partial charge in [0, 0.05) is 13.1 Å². The molecule has 144 valence electrons. The fourth-order valence-corrected chi connectivity index (χ4v) is 3.73. The number of hydrogen-bond acceptors (Lipinski definition) is 6. The highest BCUT2D eigenvalue weighted by Crippen LogP contribution is 2.23. The van der Waals surface area contributed by atoms with Crippen molar-refractivity contribution in [1.29, 1.82) is 0 Å². The SMILES string of the molecule is COc1ccc(S(N)(=O)=O)cc1C(=O)OCC(=O)N1C[C@H](C)C[C@H](C)C1. The van der Waals surface area contributed by atoms with Crippen LogP contribution in [0.4, 0.5) is 0 Å². The molecule has 1 saturated heterocycles. The second kappa shape index (κ2) is 8.05. The van der Waals surface area contributed by atoms with Gasteiger partial charge in [0.1, 0.15) is 11.3 Å². The maximum Gasteiger partial charge on any atom is 0.342 e. The Morgan fingerprint density at radius 1 is 1.23 bits per heavy atom. The van der Waals surface area contributed by atoms with Gasteiger partial charge in [0.25, 0.3) is 5.91 Å². The van der Waals surface area contributed by atoms with Gasteiger partial charge in [-0.2, -0.15) is 0 Å². The lowest BCUT2D eigenvalue weighted by Crippen LogP contribution is -2.44. The first-order valence-electron chi connectivity index (χ1n) is 8.27. The Morgan fingerprint density at radius 3 is 2.38 bits per heavy atom. The monoisotopic (exact) mass is 384 g/mol. The summed E-state index contributed by atoms with van der Waals surface area (Å²) in [6, 6.07) is 3.62. The summed E-state index contributed by atoms with van der Waals surface area (Å²) in [5, 5.41) is 5.08. The van der Waals surface area contributed by atoms with Crippen LogP contribution in [0.2, 0.25) is 0 Å². The number of sulfonamides is 1. The number of piperidine rings is 1. The lowest BCUT2D eigenvalue weighted by atomic mass is 9.92. The third kappa shape index (κ3) is 4.95. The highest BCUT2D eigenvalue weighted by atomic mass is 32.2. The summed E-state index contributed by atoms with van der Waals surface area (Å²) < 4.78 is 33.1. The van der Waals surface area contributed by atoms with E-state index >= 15 is 0 Å². The Bertz CT molecular complexity index is 782. The quantitative estimate of drug-likeness (QED) is 0.757. The van der Waals surface area contributed by atoms with Crippen LogP contribution < -0.4 is 9.88 Å². The molecule has 1 aromatic rings. The second-order valence-corrected chi connectivity index (χ2v) is 8.29.